The zero-order chi connectivity index (χ0) is 19.9. The highest BCUT2D eigenvalue weighted by Gasteiger charge is 2.29. The fourth-order valence-electron chi connectivity index (χ4n) is 3.79. The van der Waals surface area contributed by atoms with Gasteiger partial charge in [0.1, 0.15) is 6.61 Å². The van der Waals surface area contributed by atoms with Gasteiger partial charge in [0.25, 0.3) is 0 Å². The van der Waals surface area contributed by atoms with Gasteiger partial charge in [-0.3, -0.25) is 9.59 Å². The molecule has 0 aromatic heterocycles. The molecule has 148 valence electrons. The van der Waals surface area contributed by atoms with Crippen molar-refractivity contribution in [2.45, 2.75) is 46.1 Å². The van der Waals surface area contributed by atoms with Gasteiger partial charge >= 0.3 is 5.97 Å². The summed E-state index contributed by atoms with van der Waals surface area (Å²) in [7, 11) is 0. The van der Waals surface area contributed by atoms with Gasteiger partial charge in [-0.15, -0.1) is 0 Å². The van der Waals surface area contributed by atoms with Crippen LogP contribution in [0, 0.1) is 11.8 Å². The van der Waals surface area contributed by atoms with E-state index in [0.29, 0.717) is 18.9 Å². The maximum Gasteiger partial charge on any atom is 0.309 e. The Bertz CT molecular complexity index is 801. The third kappa shape index (κ3) is 5.22. The zero-order valence-electron chi connectivity index (χ0n) is 16.8. The Morgan fingerprint density at radius 1 is 1.04 bits per heavy atom. The molecule has 2 aromatic rings. The summed E-state index contributed by atoms with van der Waals surface area (Å²) >= 11 is 0. The molecule has 1 aliphatic rings. The summed E-state index contributed by atoms with van der Waals surface area (Å²) in [5.41, 5.74) is 3.14. The summed E-state index contributed by atoms with van der Waals surface area (Å²) < 4.78 is 5.54. The summed E-state index contributed by atoms with van der Waals surface area (Å²) in [5, 5.41) is 0. The number of nitrogens with zero attached hydrogens (tertiary/aromatic N) is 1. The number of para-hydroxylation sites is 1. The van der Waals surface area contributed by atoms with Crippen LogP contribution in [0.25, 0.3) is 0 Å². The van der Waals surface area contributed by atoms with Crippen LogP contribution < -0.4 is 4.90 Å². The van der Waals surface area contributed by atoms with Gasteiger partial charge in [-0.2, -0.15) is 0 Å². The fraction of sp³-hybridized carbons (Fsp3) is 0.417. The van der Waals surface area contributed by atoms with E-state index in [1.165, 1.54) is 5.56 Å². The Labute approximate surface area is 167 Å². The molecule has 3 rings (SSSR count). The van der Waals surface area contributed by atoms with Crippen LogP contribution in [-0.2, 0) is 27.4 Å². The highest BCUT2D eigenvalue weighted by molar-refractivity contribution is 5.96. The number of rotatable bonds is 7. The first-order chi connectivity index (χ1) is 13.5. The normalized spacial score (nSPS) is 14.5. The van der Waals surface area contributed by atoms with Crippen LogP contribution in [0.3, 0.4) is 0 Å². The Balaban J connectivity index is 1.66. The molecular formula is C24H29NO3. The lowest BCUT2D eigenvalue weighted by atomic mass is 9.92. The van der Waals surface area contributed by atoms with Crippen LogP contribution in [0.1, 0.15) is 44.2 Å². The third-order valence-corrected chi connectivity index (χ3v) is 5.15. The highest BCUT2D eigenvalue weighted by Crippen LogP contribution is 2.29. The van der Waals surface area contributed by atoms with Crippen LogP contribution in [0.2, 0.25) is 0 Å². The number of esters is 1. The molecule has 0 spiro atoms. The Morgan fingerprint density at radius 3 is 2.50 bits per heavy atom. The van der Waals surface area contributed by atoms with E-state index in [4.69, 9.17) is 4.74 Å². The number of ether oxygens (including phenoxy) is 1. The summed E-state index contributed by atoms with van der Waals surface area (Å²) in [4.78, 5) is 27.6. The van der Waals surface area contributed by atoms with Crippen LogP contribution in [-0.4, -0.2) is 18.4 Å². The van der Waals surface area contributed by atoms with Gasteiger partial charge in [-0.05, 0) is 42.4 Å². The van der Waals surface area contributed by atoms with Gasteiger partial charge < -0.3 is 9.64 Å². The van der Waals surface area contributed by atoms with E-state index in [2.05, 4.69) is 19.9 Å². The third-order valence-electron chi connectivity index (χ3n) is 5.15. The van der Waals surface area contributed by atoms with E-state index < -0.39 is 5.92 Å². The molecule has 28 heavy (non-hydrogen) atoms. The van der Waals surface area contributed by atoms with Crippen LogP contribution >= 0.6 is 0 Å². The van der Waals surface area contributed by atoms with Crippen molar-refractivity contribution in [3.05, 3.63) is 65.7 Å². The SMILES string of the molecule is CC(C)C[C@H](CC(=O)N1CCCc2ccccc21)C(=O)OCc1ccccc1. The highest BCUT2D eigenvalue weighted by atomic mass is 16.5. The molecule has 0 radical (unpaired) electrons. The van der Waals surface area contributed by atoms with Crippen molar-refractivity contribution < 1.29 is 14.3 Å². The number of hydrogen-bond donors (Lipinski definition) is 0. The van der Waals surface area contributed by atoms with Crippen molar-refractivity contribution in [3.8, 4) is 0 Å². The molecule has 0 saturated carbocycles. The van der Waals surface area contributed by atoms with E-state index in [9.17, 15) is 9.59 Å². The molecule has 1 aliphatic heterocycles. The first kappa shape index (κ1) is 20.1. The predicted octanol–water partition coefficient (Wildman–Crippen LogP) is 4.76. The quantitative estimate of drug-likeness (QED) is 0.652. The van der Waals surface area contributed by atoms with Crippen LogP contribution in [0.5, 0.6) is 0 Å². The zero-order valence-corrected chi connectivity index (χ0v) is 16.8. The van der Waals surface area contributed by atoms with Crippen molar-refractivity contribution in [1.29, 1.82) is 0 Å². The molecule has 4 heteroatoms. The molecule has 0 aliphatic carbocycles. The average Bonchev–Trinajstić information content (AvgIpc) is 2.71. The lowest BCUT2D eigenvalue weighted by Gasteiger charge is -2.30. The Hall–Kier alpha value is -2.62. The lowest BCUT2D eigenvalue weighted by molar-refractivity contribution is -0.152. The molecule has 0 saturated heterocycles. The smallest absolute Gasteiger partial charge is 0.309 e. The number of amides is 1. The van der Waals surface area contributed by atoms with Gasteiger partial charge in [0.05, 0.1) is 5.92 Å². The number of anilines is 1. The topological polar surface area (TPSA) is 46.6 Å². The van der Waals surface area contributed by atoms with E-state index in [1.54, 1.807) is 0 Å². The number of carbonyl (C=O) groups excluding carboxylic acids is 2. The summed E-state index contributed by atoms with van der Waals surface area (Å²) in [5.74, 6) is -0.369. The van der Waals surface area contributed by atoms with Crippen LogP contribution in [0.4, 0.5) is 5.69 Å². The molecule has 2 aromatic carbocycles. The van der Waals surface area contributed by atoms with Gasteiger partial charge in [0.15, 0.2) is 0 Å². The maximum atomic E-state index is 13.0. The van der Waals surface area contributed by atoms with Gasteiger partial charge in [0, 0.05) is 18.7 Å². The minimum absolute atomic E-state index is 0.00876. The fourth-order valence-corrected chi connectivity index (χ4v) is 3.79. The second-order valence-corrected chi connectivity index (χ2v) is 7.90. The molecule has 1 atom stereocenters. The van der Waals surface area contributed by atoms with Crippen molar-refractivity contribution in [1.82, 2.24) is 0 Å². The largest absolute Gasteiger partial charge is 0.461 e. The van der Waals surface area contributed by atoms with Crippen molar-refractivity contribution >= 4 is 17.6 Å². The minimum atomic E-state index is -0.412. The second-order valence-electron chi connectivity index (χ2n) is 7.90. The number of fused-ring (bicyclic) bond motifs is 1. The predicted molar refractivity (Wildman–Crippen MR) is 111 cm³/mol. The first-order valence-corrected chi connectivity index (χ1v) is 10.1. The average molecular weight is 380 g/mol. The number of hydrogen-bond acceptors (Lipinski definition) is 3. The molecule has 4 nitrogen and oxygen atoms in total. The molecular weight excluding hydrogens is 350 g/mol. The Morgan fingerprint density at radius 2 is 1.75 bits per heavy atom. The summed E-state index contributed by atoms with van der Waals surface area (Å²) in [6, 6.07) is 17.7. The molecule has 0 N–H and O–H groups in total. The number of carbonyl (C=O) groups is 2. The van der Waals surface area contributed by atoms with Crippen LogP contribution in [0.15, 0.2) is 54.6 Å². The van der Waals surface area contributed by atoms with E-state index >= 15 is 0 Å². The molecule has 0 fully saturated rings. The lowest BCUT2D eigenvalue weighted by Crippen LogP contribution is -2.37. The van der Waals surface area contributed by atoms with Gasteiger partial charge in [-0.1, -0.05) is 62.4 Å². The summed E-state index contributed by atoms with van der Waals surface area (Å²) in [6.07, 6.45) is 2.79. The Kier molecular flexibility index (Phi) is 6.85. The second kappa shape index (κ2) is 9.54. The monoisotopic (exact) mass is 379 g/mol. The minimum Gasteiger partial charge on any atom is -0.461 e. The van der Waals surface area contributed by atoms with E-state index in [1.807, 2.05) is 53.4 Å². The van der Waals surface area contributed by atoms with Gasteiger partial charge in [0.2, 0.25) is 5.91 Å². The molecule has 1 heterocycles. The summed E-state index contributed by atoms with van der Waals surface area (Å²) in [6.45, 7) is 5.09. The van der Waals surface area contributed by atoms with Crippen molar-refractivity contribution in [2.75, 3.05) is 11.4 Å². The van der Waals surface area contributed by atoms with E-state index in [0.717, 1.165) is 24.1 Å². The molecule has 0 unspecified atom stereocenters. The molecule has 1 amide bonds. The molecule has 0 bridgehead atoms. The van der Waals surface area contributed by atoms with Crippen molar-refractivity contribution in [3.63, 3.8) is 0 Å². The number of benzene rings is 2. The van der Waals surface area contributed by atoms with E-state index in [-0.39, 0.29) is 24.9 Å². The number of aryl methyl sites for hydroxylation is 1. The van der Waals surface area contributed by atoms with Gasteiger partial charge in [-0.25, -0.2) is 0 Å². The first-order valence-electron chi connectivity index (χ1n) is 10.1. The standard InChI is InChI=1S/C24H29NO3/c1-18(2)15-21(24(27)28-17-19-9-4-3-5-10-19)16-23(26)25-14-8-12-20-11-6-7-13-22(20)25/h3-7,9-11,13,18,21H,8,12,14-17H2,1-2H3/t21-/m1/s1. The van der Waals surface area contributed by atoms with Crippen molar-refractivity contribution in [2.24, 2.45) is 11.8 Å². The maximum absolute atomic E-state index is 13.0.